The molecule has 3 aromatic rings. The monoisotopic (exact) mass is 395 g/mol. The Bertz CT molecular complexity index is 936. The highest BCUT2D eigenvalue weighted by molar-refractivity contribution is 5.45. The van der Waals surface area contributed by atoms with Crippen molar-refractivity contribution in [3.05, 3.63) is 59.8 Å². The molecule has 0 spiro atoms. The van der Waals surface area contributed by atoms with Gasteiger partial charge in [0.1, 0.15) is 5.75 Å². The Morgan fingerprint density at radius 1 is 0.862 bits per heavy atom. The van der Waals surface area contributed by atoms with Gasteiger partial charge in [-0.25, -0.2) is 0 Å². The van der Waals surface area contributed by atoms with Gasteiger partial charge in [0.2, 0.25) is 5.95 Å². The number of anilines is 2. The maximum atomic E-state index is 5.37. The minimum Gasteiger partial charge on any atom is -0.496 e. The quantitative estimate of drug-likeness (QED) is 0.541. The van der Waals surface area contributed by atoms with Crippen LogP contribution in [-0.4, -0.2) is 43.1 Å². The lowest BCUT2D eigenvalue weighted by atomic mass is 10.1. The molecule has 29 heavy (non-hydrogen) atoms. The second-order valence-electron chi connectivity index (χ2n) is 6.20. The second kappa shape index (κ2) is 10.1. The van der Waals surface area contributed by atoms with Crippen molar-refractivity contribution in [2.75, 3.05) is 38.5 Å². The van der Waals surface area contributed by atoms with E-state index in [1.807, 2.05) is 42.5 Å². The van der Waals surface area contributed by atoms with Crippen LogP contribution in [0.3, 0.4) is 0 Å². The van der Waals surface area contributed by atoms with Crippen LogP contribution in [0.5, 0.6) is 17.2 Å². The largest absolute Gasteiger partial charge is 0.496 e. The number of nitrogens with zero attached hydrogens (tertiary/aromatic N) is 3. The first kappa shape index (κ1) is 20.2. The van der Waals surface area contributed by atoms with Crippen molar-refractivity contribution in [2.24, 2.45) is 0 Å². The highest BCUT2D eigenvalue weighted by Gasteiger charge is 2.06. The van der Waals surface area contributed by atoms with Gasteiger partial charge in [-0.1, -0.05) is 24.3 Å². The van der Waals surface area contributed by atoms with Crippen LogP contribution in [0, 0.1) is 0 Å². The lowest BCUT2D eigenvalue weighted by molar-refractivity contribution is 0.354. The molecule has 0 radical (unpaired) electrons. The van der Waals surface area contributed by atoms with E-state index in [0.717, 1.165) is 23.3 Å². The first-order valence-corrected chi connectivity index (χ1v) is 9.23. The van der Waals surface area contributed by atoms with Crippen molar-refractivity contribution in [3.63, 3.8) is 0 Å². The van der Waals surface area contributed by atoms with Crippen LogP contribution in [0.25, 0.3) is 0 Å². The van der Waals surface area contributed by atoms with Crippen LogP contribution < -0.4 is 24.8 Å². The van der Waals surface area contributed by atoms with Crippen molar-refractivity contribution in [3.8, 4) is 17.2 Å². The molecule has 0 fully saturated rings. The molecule has 0 unspecified atom stereocenters. The van der Waals surface area contributed by atoms with Crippen LogP contribution in [0.1, 0.15) is 11.1 Å². The number of hydrogen-bond acceptors (Lipinski definition) is 8. The van der Waals surface area contributed by atoms with Crippen LogP contribution in [-0.2, 0) is 13.0 Å². The number of ether oxygens (including phenoxy) is 3. The molecule has 3 rings (SSSR count). The lowest BCUT2D eigenvalue weighted by Crippen LogP contribution is -2.11. The minimum absolute atomic E-state index is 0.470. The molecule has 0 saturated heterocycles. The zero-order valence-electron chi connectivity index (χ0n) is 16.8. The summed E-state index contributed by atoms with van der Waals surface area (Å²) in [6.45, 7) is 1.24. The van der Waals surface area contributed by atoms with Gasteiger partial charge in [0, 0.05) is 13.1 Å². The highest BCUT2D eigenvalue weighted by atomic mass is 16.5. The summed E-state index contributed by atoms with van der Waals surface area (Å²) in [4.78, 5) is 4.45. The zero-order valence-corrected chi connectivity index (χ0v) is 16.8. The van der Waals surface area contributed by atoms with E-state index >= 15 is 0 Å². The van der Waals surface area contributed by atoms with Crippen molar-refractivity contribution in [1.29, 1.82) is 0 Å². The van der Waals surface area contributed by atoms with E-state index in [1.54, 1.807) is 27.5 Å². The van der Waals surface area contributed by atoms with Crippen molar-refractivity contribution in [2.45, 2.75) is 13.0 Å². The summed E-state index contributed by atoms with van der Waals surface area (Å²) in [5.74, 6) is 3.36. The number of benzene rings is 2. The second-order valence-corrected chi connectivity index (χ2v) is 6.20. The van der Waals surface area contributed by atoms with Crippen molar-refractivity contribution in [1.82, 2.24) is 15.2 Å². The Balaban J connectivity index is 1.55. The maximum Gasteiger partial charge on any atom is 0.244 e. The number of aromatic nitrogens is 3. The Hall–Kier alpha value is -3.55. The average Bonchev–Trinajstić information content (AvgIpc) is 2.78. The fourth-order valence-electron chi connectivity index (χ4n) is 2.87. The topological polar surface area (TPSA) is 90.4 Å². The molecule has 0 aliphatic carbocycles. The summed E-state index contributed by atoms with van der Waals surface area (Å²) in [6, 6.07) is 13.7. The molecular weight excluding hydrogens is 370 g/mol. The minimum atomic E-state index is 0.470. The molecule has 8 nitrogen and oxygen atoms in total. The molecule has 2 N–H and O–H groups in total. The maximum absolute atomic E-state index is 5.37. The van der Waals surface area contributed by atoms with E-state index in [2.05, 4.69) is 25.8 Å². The van der Waals surface area contributed by atoms with Crippen molar-refractivity contribution >= 4 is 11.8 Å². The summed E-state index contributed by atoms with van der Waals surface area (Å²) in [7, 11) is 4.91. The van der Waals surface area contributed by atoms with Crippen LogP contribution in [0.15, 0.2) is 48.7 Å². The standard InChI is InChI=1S/C21H25N5O3/c1-27-17-7-5-4-6-16(17)10-11-22-21-25-20(14-24-26-21)23-13-15-8-9-18(28-2)19(12-15)29-3/h4-9,12,14H,10-11,13H2,1-3H3,(H2,22,23,25,26). The van der Waals surface area contributed by atoms with Gasteiger partial charge in [0.15, 0.2) is 17.3 Å². The Labute approximate surface area is 170 Å². The molecule has 0 aliphatic rings. The SMILES string of the molecule is COc1ccccc1CCNc1nncc(NCc2ccc(OC)c(OC)c2)n1. The van der Waals surface area contributed by atoms with Crippen LogP contribution in [0.4, 0.5) is 11.8 Å². The van der Waals surface area contributed by atoms with Gasteiger partial charge in [-0.15, -0.1) is 5.10 Å². The fraction of sp³-hybridized carbons (Fsp3) is 0.286. The van der Waals surface area contributed by atoms with Gasteiger partial charge in [-0.2, -0.15) is 10.1 Å². The summed E-state index contributed by atoms with van der Waals surface area (Å²) in [6.07, 6.45) is 2.38. The van der Waals surface area contributed by atoms with Gasteiger partial charge >= 0.3 is 0 Å². The number of para-hydroxylation sites is 1. The summed E-state index contributed by atoms with van der Waals surface area (Å²) in [5, 5.41) is 14.5. The number of hydrogen-bond donors (Lipinski definition) is 2. The lowest BCUT2D eigenvalue weighted by Gasteiger charge is -2.11. The van der Waals surface area contributed by atoms with Gasteiger partial charge in [-0.3, -0.25) is 0 Å². The normalized spacial score (nSPS) is 10.3. The highest BCUT2D eigenvalue weighted by Crippen LogP contribution is 2.27. The molecule has 0 amide bonds. The van der Waals surface area contributed by atoms with E-state index in [0.29, 0.717) is 36.4 Å². The Kier molecular flexibility index (Phi) is 7.05. The molecule has 0 saturated carbocycles. The van der Waals surface area contributed by atoms with E-state index < -0.39 is 0 Å². The molecule has 152 valence electrons. The predicted molar refractivity (Wildman–Crippen MR) is 112 cm³/mol. The zero-order chi connectivity index (χ0) is 20.5. The molecule has 1 heterocycles. The molecule has 0 bridgehead atoms. The smallest absolute Gasteiger partial charge is 0.244 e. The first-order chi connectivity index (χ1) is 14.2. The average molecular weight is 395 g/mol. The van der Waals surface area contributed by atoms with E-state index in [4.69, 9.17) is 14.2 Å². The fourth-order valence-corrected chi connectivity index (χ4v) is 2.87. The third-order valence-corrected chi connectivity index (χ3v) is 4.35. The van der Waals surface area contributed by atoms with Crippen molar-refractivity contribution < 1.29 is 14.2 Å². The van der Waals surface area contributed by atoms with Crippen LogP contribution in [0.2, 0.25) is 0 Å². The Morgan fingerprint density at radius 3 is 2.45 bits per heavy atom. The summed E-state index contributed by atoms with van der Waals surface area (Å²) >= 11 is 0. The van der Waals surface area contributed by atoms with Gasteiger partial charge in [0.05, 0.1) is 27.5 Å². The van der Waals surface area contributed by atoms with E-state index in [-0.39, 0.29) is 0 Å². The summed E-state index contributed by atoms with van der Waals surface area (Å²) in [5.41, 5.74) is 2.16. The molecular formula is C21H25N5O3. The third kappa shape index (κ3) is 5.47. The van der Waals surface area contributed by atoms with Gasteiger partial charge < -0.3 is 24.8 Å². The number of nitrogens with one attached hydrogen (secondary N) is 2. The predicted octanol–water partition coefficient (Wildman–Crippen LogP) is 3.16. The molecule has 1 aromatic heterocycles. The Morgan fingerprint density at radius 2 is 1.66 bits per heavy atom. The van der Waals surface area contributed by atoms with Gasteiger partial charge in [-0.05, 0) is 35.7 Å². The first-order valence-electron chi connectivity index (χ1n) is 9.23. The van der Waals surface area contributed by atoms with Crippen LogP contribution >= 0.6 is 0 Å². The molecule has 0 atom stereocenters. The molecule has 8 heteroatoms. The van der Waals surface area contributed by atoms with E-state index in [1.165, 1.54) is 0 Å². The summed E-state index contributed by atoms with van der Waals surface area (Å²) < 4.78 is 16.0. The van der Waals surface area contributed by atoms with Gasteiger partial charge in [0.25, 0.3) is 0 Å². The number of methoxy groups -OCH3 is 3. The molecule has 2 aromatic carbocycles. The third-order valence-electron chi connectivity index (χ3n) is 4.35. The number of rotatable bonds is 10. The molecule has 0 aliphatic heterocycles. The van der Waals surface area contributed by atoms with E-state index in [9.17, 15) is 0 Å².